The highest BCUT2D eigenvalue weighted by atomic mass is 35.5. The third kappa shape index (κ3) is 3.93. The number of nitrogens with one attached hydrogen (secondary N) is 1. The molecule has 1 aliphatic heterocycles. The number of alkyl halides is 1. The Balaban J connectivity index is 1.72. The van der Waals surface area contributed by atoms with Crippen LogP contribution in [0, 0.1) is 5.82 Å². The van der Waals surface area contributed by atoms with Crippen molar-refractivity contribution in [2.45, 2.75) is 5.88 Å². The van der Waals surface area contributed by atoms with Crippen molar-refractivity contribution in [3.05, 3.63) is 48.0 Å². The number of halogens is 2. The first-order valence-corrected chi connectivity index (χ1v) is 9.83. The van der Waals surface area contributed by atoms with Gasteiger partial charge in [0.05, 0.1) is 17.1 Å². The second-order valence-electron chi connectivity index (χ2n) is 6.70. The largest absolute Gasteiger partial charge is 0.351 e. The number of nitrogens with zero attached hydrogens (tertiary/aromatic N) is 5. The first kappa shape index (κ1) is 19.3. The molecule has 3 heterocycles. The Kier molecular flexibility index (Phi) is 5.44. The van der Waals surface area contributed by atoms with E-state index in [-0.39, 0.29) is 17.7 Å². The van der Waals surface area contributed by atoms with E-state index in [1.54, 1.807) is 24.1 Å². The molecule has 0 radical (unpaired) electrons. The topological polar surface area (TPSA) is 74.2 Å². The molecule has 1 saturated heterocycles. The summed E-state index contributed by atoms with van der Waals surface area (Å²) in [6.45, 7) is 2.42. The maximum Gasteiger partial charge on any atom is 0.317 e. The second kappa shape index (κ2) is 8.16. The Morgan fingerprint density at radius 1 is 1.07 bits per heavy atom. The number of carbonyl (C=O) groups is 1. The van der Waals surface area contributed by atoms with Gasteiger partial charge >= 0.3 is 6.03 Å². The molecule has 2 aromatic heterocycles. The number of amides is 2. The van der Waals surface area contributed by atoms with Crippen molar-refractivity contribution in [3.8, 4) is 11.3 Å². The molecule has 9 heteroatoms. The van der Waals surface area contributed by atoms with Crippen molar-refractivity contribution >= 4 is 34.5 Å². The minimum Gasteiger partial charge on any atom is -0.351 e. The monoisotopic (exact) mass is 414 g/mol. The van der Waals surface area contributed by atoms with Gasteiger partial charge in [-0.3, -0.25) is 0 Å². The molecule has 1 aliphatic rings. The second-order valence-corrected chi connectivity index (χ2v) is 6.96. The number of hydrogen-bond acceptors (Lipinski definition) is 5. The molecular formula is C20H20ClFN6O. The van der Waals surface area contributed by atoms with Crippen molar-refractivity contribution in [2.75, 3.05) is 38.1 Å². The molecule has 3 aromatic rings. The van der Waals surface area contributed by atoms with Gasteiger partial charge in [0.25, 0.3) is 0 Å². The van der Waals surface area contributed by atoms with E-state index >= 15 is 0 Å². The van der Waals surface area contributed by atoms with E-state index in [0.29, 0.717) is 54.5 Å². The number of hydrogen-bond donors (Lipinski definition) is 1. The Bertz CT molecular complexity index is 1040. The van der Waals surface area contributed by atoms with Crippen LogP contribution in [-0.2, 0) is 5.88 Å². The zero-order valence-corrected chi connectivity index (χ0v) is 16.7. The minimum atomic E-state index is -0.292. The molecule has 29 heavy (non-hydrogen) atoms. The average molecular weight is 415 g/mol. The van der Waals surface area contributed by atoms with Gasteiger partial charge in [0, 0.05) is 38.8 Å². The van der Waals surface area contributed by atoms with Crippen LogP contribution in [0.4, 0.5) is 15.0 Å². The van der Waals surface area contributed by atoms with Crippen LogP contribution in [0.15, 0.2) is 36.4 Å². The average Bonchev–Trinajstić information content (AvgIpc) is 2.78. The van der Waals surface area contributed by atoms with Crippen LogP contribution in [0.3, 0.4) is 0 Å². The van der Waals surface area contributed by atoms with E-state index in [4.69, 9.17) is 16.6 Å². The summed E-state index contributed by atoms with van der Waals surface area (Å²) in [4.78, 5) is 29.6. The molecule has 4 rings (SSSR count). The maximum atomic E-state index is 13.3. The molecule has 0 spiro atoms. The van der Waals surface area contributed by atoms with Crippen molar-refractivity contribution in [2.24, 2.45) is 0 Å². The maximum absolute atomic E-state index is 13.3. The first-order chi connectivity index (χ1) is 14.1. The van der Waals surface area contributed by atoms with Crippen LogP contribution in [0.5, 0.6) is 0 Å². The Morgan fingerprint density at radius 2 is 1.79 bits per heavy atom. The first-order valence-electron chi connectivity index (χ1n) is 9.30. The predicted molar refractivity (Wildman–Crippen MR) is 111 cm³/mol. The molecule has 0 unspecified atom stereocenters. The summed E-state index contributed by atoms with van der Waals surface area (Å²) in [5, 5.41) is 2.65. The number of fused-ring (bicyclic) bond motifs is 1. The number of aromatic nitrogens is 3. The lowest BCUT2D eigenvalue weighted by molar-refractivity contribution is 0.196. The van der Waals surface area contributed by atoms with Crippen LogP contribution < -0.4 is 10.2 Å². The molecule has 1 aromatic carbocycles. The summed E-state index contributed by atoms with van der Waals surface area (Å²) in [7, 11) is 1.63. The molecule has 1 N–H and O–H groups in total. The minimum absolute atomic E-state index is 0.0876. The number of carbonyl (C=O) groups excluding carboxylic acids is 1. The molecule has 1 fully saturated rings. The Morgan fingerprint density at radius 3 is 2.45 bits per heavy atom. The van der Waals surface area contributed by atoms with Gasteiger partial charge in [-0.15, -0.1) is 11.6 Å². The lowest BCUT2D eigenvalue weighted by atomic mass is 10.1. The van der Waals surface area contributed by atoms with Crippen molar-refractivity contribution < 1.29 is 9.18 Å². The lowest BCUT2D eigenvalue weighted by Gasteiger charge is -2.35. The quantitative estimate of drug-likeness (QED) is 0.667. The van der Waals surface area contributed by atoms with E-state index in [9.17, 15) is 9.18 Å². The summed E-state index contributed by atoms with van der Waals surface area (Å²) in [5.41, 5.74) is 2.88. The van der Waals surface area contributed by atoms with Crippen molar-refractivity contribution in [1.82, 2.24) is 25.2 Å². The van der Waals surface area contributed by atoms with E-state index < -0.39 is 0 Å². The molecule has 0 aliphatic carbocycles. The van der Waals surface area contributed by atoms with Crippen LogP contribution in [0.1, 0.15) is 5.82 Å². The van der Waals surface area contributed by atoms with Crippen LogP contribution in [-0.4, -0.2) is 59.1 Å². The van der Waals surface area contributed by atoms with Gasteiger partial charge in [-0.2, -0.15) is 0 Å². The predicted octanol–water partition coefficient (Wildman–Crippen LogP) is 3.03. The summed E-state index contributed by atoms with van der Waals surface area (Å²) in [6, 6.07) is 9.85. The summed E-state index contributed by atoms with van der Waals surface area (Å²) < 4.78 is 13.3. The van der Waals surface area contributed by atoms with E-state index in [1.165, 1.54) is 12.1 Å². The summed E-state index contributed by atoms with van der Waals surface area (Å²) >= 11 is 6.00. The van der Waals surface area contributed by atoms with Gasteiger partial charge in [0.1, 0.15) is 17.2 Å². The molecule has 2 amide bonds. The molecule has 7 nitrogen and oxygen atoms in total. The fourth-order valence-electron chi connectivity index (χ4n) is 3.39. The van der Waals surface area contributed by atoms with E-state index in [2.05, 4.69) is 20.2 Å². The zero-order valence-electron chi connectivity index (χ0n) is 15.9. The highest BCUT2D eigenvalue weighted by Gasteiger charge is 2.24. The van der Waals surface area contributed by atoms with Gasteiger partial charge in [0.2, 0.25) is 0 Å². The smallest absolute Gasteiger partial charge is 0.317 e. The number of piperazine rings is 1. The summed E-state index contributed by atoms with van der Waals surface area (Å²) in [6.07, 6.45) is 0. The zero-order chi connectivity index (χ0) is 20.4. The van der Waals surface area contributed by atoms with E-state index in [0.717, 1.165) is 5.56 Å². The fourth-order valence-corrected chi connectivity index (χ4v) is 3.51. The van der Waals surface area contributed by atoms with Crippen LogP contribution in [0.2, 0.25) is 0 Å². The van der Waals surface area contributed by atoms with Crippen molar-refractivity contribution in [1.29, 1.82) is 0 Å². The Labute approximate surface area is 172 Å². The number of rotatable bonds is 3. The van der Waals surface area contributed by atoms with Crippen molar-refractivity contribution in [3.63, 3.8) is 0 Å². The molecule has 0 atom stereocenters. The third-order valence-corrected chi connectivity index (χ3v) is 5.15. The molecule has 150 valence electrons. The van der Waals surface area contributed by atoms with Crippen LogP contribution >= 0.6 is 11.6 Å². The van der Waals surface area contributed by atoms with Gasteiger partial charge < -0.3 is 15.1 Å². The number of anilines is 1. The number of pyridine rings is 1. The van der Waals surface area contributed by atoms with Gasteiger partial charge in [-0.1, -0.05) is 0 Å². The third-order valence-electron chi connectivity index (χ3n) is 4.91. The normalized spacial score (nSPS) is 14.3. The van der Waals surface area contributed by atoms with Gasteiger partial charge in [-0.25, -0.2) is 24.1 Å². The highest BCUT2D eigenvalue weighted by Crippen LogP contribution is 2.27. The van der Waals surface area contributed by atoms with Crippen LogP contribution in [0.25, 0.3) is 22.3 Å². The number of benzene rings is 1. The SMILES string of the molecule is CNC(=O)N1CCN(c2nc(CCl)nc3ccc(-c4ccc(F)cc4)nc23)CC1. The van der Waals surface area contributed by atoms with Gasteiger partial charge in [-0.05, 0) is 36.4 Å². The van der Waals surface area contributed by atoms with Gasteiger partial charge in [0.15, 0.2) is 5.82 Å². The molecular weight excluding hydrogens is 395 g/mol. The standard InChI is InChI=1S/C20H20ClFN6O/c1-23-20(29)28-10-8-27(9-11-28)19-18-16(24-17(12-21)26-19)7-6-15(25-18)13-2-4-14(22)5-3-13/h2-7H,8-12H2,1H3,(H,23,29). The molecule has 0 bridgehead atoms. The lowest BCUT2D eigenvalue weighted by Crippen LogP contribution is -2.51. The fraction of sp³-hybridized carbons (Fsp3) is 0.300. The highest BCUT2D eigenvalue weighted by molar-refractivity contribution is 6.16. The summed E-state index contributed by atoms with van der Waals surface area (Å²) in [5.74, 6) is 1.13. The van der Waals surface area contributed by atoms with E-state index in [1.807, 2.05) is 12.1 Å². The molecule has 0 saturated carbocycles. The Hall–Kier alpha value is -3.00. The number of urea groups is 1.